The Balaban J connectivity index is 1.71. The molecule has 10 heteroatoms. The van der Waals surface area contributed by atoms with E-state index in [1.165, 1.54) is 28.6 Å². The van der Waals surface area contributed by atoms with Gasteiger partial charge in [0.2, 0.25) is 20.0 Å². The summed E-state index contributed by atoms with van der Waals surface area (Å²) in [5, 5.41) is 2.74. The van der Waals surface area contributed by atoms with Gasteiger partial charge in [0.15, 0.2) is 0 Å². The molecule has 1 amide bonds. The minimum atomic E-state index is -3.66. The smallest absolute Gasteiger partial charge is 0.251 e. The van der Waals surface area contributed by atoms with E-state index in [2.05, 4.69) is 10.0 Å². The maximum absolute atomic E-state index is 13.0. The number of carbonyl (C=O) groups excluding carboxylic acids is 1. The second-order valence-corrected chi connectivity index (χ2v) is 12.1. The van der Waals surface area contributed by atoms with Crippen molar-refractivity contribution in [1.82, 2.24) is 14.3 Å². The maximum Gasteiger partial charge on any atom is 0.251 e. The van der Waals surface area contributed by atoms with E-state index in [1.54, 1.807) is 38.1 Å². The summed E-state index contributed by atoms with van der Waals surface area (Å²) in [5.74, 6) is -0.434. The average molecular weight is 494 g/mol. The monoisotopic (exact) mass is 493 g/mol. The van der Waals surface area contributed by atoms with Gasteiger partial charge in [-0.15, -0.1) is 0 Å². The number of hydrogen-bond donors (Lipinski definition) is 2. The summed E-state index contributed by atoms with van der Waals surface area (Å²) < 4.78 is 54.8. The van der Waals surface area contributed by atoms with Crippen molar-refractivity contribution >= 4 is 26.0 Å². The zero-order chi connectivity index (χ0) is 24.1. The quantitative estimate of drug-likeness (QED) is 0.587. The number of nitrogens with one attached hydrogen (secondary N) is 2. The van der Waals surface area contributed by atoms with Crippen molar-refractivity contribution in [2.75, 3.05) is 13.1 Å². The molecule has 8 nitrogen and oxygen atoms in total. The number of rotatable bonds is 8. The lowest BCUT2D eigenvalue weighted by molar-refractivity contribution is 0.0950. The third kappa shape index (κ3) is 6.63. The lowest BCUT2D eigenvalue weighted by Gasteiger charge is -2.20. The number of benzene rings is 2. The van der Waals surface area contributed by atoms with E-state index in [9.17, 15) is 21.6 Å². The molecule has 1 aliphatic rings. The first-order chi connectivity index (χ1) is 15.6. The molecule has 2 aromatic carbocycles. The summed E-state index contributed by atoms with van der Waals surface area (Å²) >= 11 is 0. The molecule has 0 spiro atoms. The van der Waals surface area contributed by atoms with E-state index in [4.69, 9.17) is 0 Å². The minimum Gasteiger partial charge on any atom is -0.348 e. The molecule has 0 aromatic heterocycles. The molecule has 1 heterocycles. The predicted molar refractivity (Wildman–Crippen MR) is 127 cm³/mol. The van der Waals surface area contributed by atoms with E-state index in [-0.39, 0.29) is 27.9 Å². The molecule has 2 aromatic rings. The lowest BCUT2D eigenvalue weighted by atomic mass is 10.2. The van der Waals surface area contributed by atoms with Gasteiger partial charge in [-0.2, -0.15) is 4.31 Å². The summed E-state index contributed by atoms with van der Waals surface area (Å²) in [6, 6.07) is 12.1. The van der Waals surface area contributed by atoms with Crippen LogP contribution in [-0.4, -0.2) is 46.2 Å². The van der Waals surface area contributed by atoms with Crippen LogP contribution in [0, 0.1) is 0 Å². The zero-order valence-electron chi connectivity index (χ0n) is 19.0. The van der Waals surface area contributed by atoms with Crippen LogP contribution >= 0.6 is 0 Å². The Kier molecular flexibility index (Phi) is 8.28. The second-order valence-electron chi connectivity index (χ2n) is 8.45. The first kappa shape index (κ1) is 25.4. The molecule has 1 saturated heterocycles. The highest BCUT2D eigenvalue weighted by molar-refractivity contribution is 7.89. The normalized spacial score (nSPS) is 15.8. The summed E-state index contributed by atoms with van der Waals surface area (Å²) in [6.07, 6.45) is 3.71. The molecular weight excluding hydrogens is 462 g/mol. The fourth-order valence-electron chi connectivity index (χ4n) is 3.71. The zero-order valence-corrected chi connectivity index (χ0v) is 20.6. The summed E-state index contributed by atoms with van der Waals surface area (Å²) in [7, 11) is -7.30. The SMILES string of the molecule is CC(C)NS(=O)(=O)c1cccc(CNC(=O)c2cccc(S(=O)(=O)N3CCCCCC3)c2)c1. The Hall–Kier alpha value is -2.27. The molecule has 1 fully saturated rings. The topological polar surface area (TPSA) is 113 Å². The van der Waals surface area contributed by atoms with E-state index in [1.807, 2.05) is 0 Å². The van der Waals surface area contributed by atoms with Crippen LogP contribution in [0.4, 0.5) is 0 Å². The summed E-state index contributed by atoms with van der Waals surface area (Å²) in [4.78, 5) is 12.9. The van der Waals surface area contributed by atoms with Crippen LogP contribution in [0.25, 0.3) is 0 Å². The molecule has 3 rings (SSSR count). The van der Waals surface area contributed by atoms with Gasteiger partial charge in [0.05, 0.1) is 9.79 Å². The first-order valence-corrected chi connectivity index (χ1v) is 14.0. The van der Waals surface area contributed by atoms with E-state index < -0.39 is 26.0 Å². The van der Waals surface area contributed by atoms with Gasteiger partial charge in [-0.25, -0.2) is 21.6 Å². The molecule has 33 heavy (non-hydrogen) atoms. The van der Waals surface area contributed by atoms with Crippen LogP contribution in [0.1, 0.15) is 55.5 Å². The largest absolute Gasteiger partial charge is 0.348 e. The van der Waals surface area contributed by atoms with Gasteiger partial charge >= 0.3 is 0 Å². The molecule has 0 unspecified atom stereocenters. The fourth-order valence-corrected chi connectivity index (χ4v) is 6.60. The van der Waals surface area contributed by atoms with E-state index in [0.29, 0.717) is 18.7 Å². The van der Waals surface area contributed by atoms with Crippen LogP contribution < -0.4 is 10.0 Å². The van der Waals surface area contributed by atoms with Gasteiger partial charge in [0.25, 0.3) is 5.91 Å². The number of carbonyl (C=O) groups is 1. The van der Waals surface area contributed by atoms with Crippen molar-refractivity contribution in [3.8, 4) is 0 Å². The number of sulfonamides is 2. The Bertz CT molecular complexity index is 1190. The molecule has 180 valence electrons. The Morgan fingerprint density at radius 2 is 1.55 bits per heavy atom. The molecule has 0 saturated carbocycles. The van der Waals surface area contributed by atoms with Gasteiger partial charge in [-0.05, 0) is 62.6 Å². The Morgan fingerprint density at radius 3 is 2.21 bits per heavy atom. The molecule has 1 aliphatic heterocycles. The van der Waals surface area contributed by atoms with E-state index in [0.717, 1.165) is 25.7 Å². The third-order valence-corrected chi connectivity index (χ3v) is 8.90. The lowest BCUT2D eigenvalue weighted by Crippen LogP contribution is -2.32. The standard InChI is InChI=1S/C23H31N3O5S2/c1-18(2)25-32(28,29)21-11-7-9-19(15-21)17-24-23(27)20-10-8-12-22(16-20)33(30,31)26-13-5-3-4-6-14-26/h7-12,15-16,18,25H,3-6,13-14,17H2,1-2H3,(H,24,27). The highest BCUT2D eigenvalue weighted by Gasteiger charge is 2.25. The summed E-state index contributed by atoms with van der Waals surface area (Å²) in [5.41, 5.74) is 0.847. The van der Waals surface area contributed by atoms with Crippen molar-refractivity contribution in [3.05, 3.63) is 59.7 Å². The van der Waals surface area contributed by atoms with Crippen LogP contribution in [0.15, 0.2) is 58.3 Å². The number of hydrogen-bond acceptors (Lipinski definition) is 5. The van der Waals surface area contributed by atoms with Crippen molar-refractivity contribution in [2.45, 2.75) is 61.9 Å². The molecule has 2 N–H and O–H groups in total. The van der Waals surface area contributed by atoms with Gasteiger partial charge in [-0.3, -0.25) is 4.79 Å². The highest BCUT2D eigenvalue weighted by Crippen LogP contribution is 2.21. The molecular formula is C23H31N3O5S2. The first-order valence-electron chi connectivity index (χ1n) is 11.1. The van der Waals surface area contributed by atoms with Crippen LogP contribution in [-0.2, 0) is 26.6 Å². The average Bonchev–Trinajstić information content (AvgIpc) is 3.07. The van der Waals surface area contributed by atoms with Crippen LogP contribution in [0.5, 0.6) is 0 Å². The van der Waals surface area contributed by atoms with Gasteiger partial charge in [0.1, 0.15) is 0 Å². The van der Waals surface area contributed by atoms with Crippen LogP contribution in [0.2, 0.25) is 0 Å². The van der Waals surface area contributed by atoms with Crippen LogP contribution in [0.3, 0.4) is 0 Å². The predicted octanol–water partition coefficient (Wildman–Crippen LogP) is 2.87. The molecule has 0 aliphatic carbocycles. The van der Waals surface area contributed by atoms with E-state index >= 15 is 0 Å². The Labute approximate surface area is 196 Å². The van der Waals surface area contributed by atoms with Gasteiger partial charge in [-0.1, -0.05) is 31.0 Å². The van der Waals surface area contributed by atoms with Crippen molar-refractivity contribution in [3.63, 3.8) is 0 Å². The third-order valence-electron chi connectivity index (χ3n) is 5.35. The van der Waals surface area contributed by atoms with Crippen molar-refractivity contribution < 1.29 is 21.6 Å². The Morgan fingerprint density at radius 1 is 0.909 bits per heavy atom. The molecule has 0 radical (unpaired) electrons. The van der Waals surface area contributed by atoms with Crippen molar-refractivity contribution in [1.29, 1.82) is 0 Å². The minimum absolute atomic E-state index is 0.102. The maximum atomic E-state index is 13.0. The second kappa shape index (κ2) is 10.8. The van der Waals surface area contributed by atoms with Gasteiger partial charge < -0.3 is 5.32 Å². The molecule has 0 bridgehead atoms. The number of nitrogens with zero attached hydrogens (tertiary/aromatic N) is 1. The van der Waals surface area contributed by atoms with Gasteiger partial charge in [0, 0.05) is 31.2 Å². The fraction of sp³-hybridized carbons (Fsp3) is 0.435. The molecule has 0 atom stereocenters. The highest BCUT2D eigenvalue weighted by atomic mass is 32.2. The van der Waals surface area contributed by atoms with Crippen molar-refractivity contribution in [2.24, 2.45) is 0 Å². The summed E-state index contributed by atoms with van der Waals surface area (Å²) in [6.45, 7) is 4.56. The number of amides is 1.